The van der Waals surface area contributed by atoms with Gasteiger partial charge < -0.3 is 20.8 Å². The molecule has 2 atom stereocenters. The number of alkyl halides is 6. The summed E-state index contributed by atoms with van der Waals surface area (Å²) in [5.41, 5.74) is 7.07. The average Bonchev–Trinajstić information content (AvgIpc) is 3.18. The monoisotopic (exact) mass is 770 g/mol. The number of nitrogens with zero attached hydrogens (tertiary/aromatic N) is 4. The Morgan fingerprint density at radius 2 is 0.911 bits per heavy atom. The van der Waals surface area contributed by atoms with E-state index in [4.69, 9.17) is 0 Å². The molecule has 4 N–H and O–H groups in total. The summed E-state index contributed by atoms with van der Waals surface area (Å²) in [5, 5.41) is 26.5. The number of anilines is 4. The number of rotatable bonds is 6. The van der Waals surface area contributed by atoms with E-state index in [0.29, 0.717) is 47.0 Å². The minimum atomic E-state index is -4.37. The number of aryl methyl sites for hydroxylation is 2. The minimum Gasteiger partial charge on any atom is -0.393 e. The van der Waals surface area contributed by atoms with E-state index in [1.807, 2.05) is 24.3 Å². The number of hydrogen-bond donors (Lipinski definition) is 4. The standard InChI is InChI=1S/2C21H18F3N3O/c2*22-21(23,24)15-7-4-14(5-8-15)19-11-20(26-12-25-19)27-18-3-1-2-13-6-9-16(28)10-17(13)18/h2*1-5,7-8,11-12,16,28H,6,9-10H2,(H,25,26,27)/t2*16-/m10/s1. The van der Waals surface area contributed by atoms with Crippen LogP contribution in [0.2, 0.25) is 0 Å². The van der Waals surface area contributed by atoms with Crippen LogP contribution in [0.1, 0.15) is 46.2 Å². The zero-order chi connectivity index (χ0) is 39.5. The maximum atomic E-state index is 12.7. The molecule has 0 amide bonds. The molecule has 14 heteroatoms. The number of aliphatic hydroxyl groups is 2. The highest BCUT2D eigenvalue weighted by atomic mass is 19.4. The van der Waals surface area contributed by atoms with Crippen molar-refractivity contribution in [3.63, 3.8) is 0 Å². The van der Waals surface area contributed by atoms with Gasteiger partial charge in [-0.2, -0.15) is 26.3 Å². The van der Waals surface area contributed by atoms with E-state index >= 15 is 0 Å². The predicted octanol–water partition coefficient (Wildman–Crippen LogP) is 9.51. The van der Waals surface area contributed by atoms with E-state index in [0.717, 1.165) is 72.5 Å². The van der Waals surface area contributed by atoms with Gasteiger partial charge in [0.1, 0.15) is 24.3 Å². The van der Waals surface area contributed by atoms with E-state index in [2.05, 4.69) is 42.7 Å². The van der Waals surface area contributed by atoms with Crippen molar-refractivity contribution in [2.75, 3.05) is 10.6 Å². The zero-order valence-corrected chi connectivity index (χ0v) is 29.7. The SMILES string of the molecule is O[C@@H]1CCc2cccc(Nc3cc(-c4ccc(C(F)(F)F)cc4)ncn3)c2C1.O[C@H]1CCc2cccc(Nc3cc(-c4ccc(C(F)(F)F)cc4)ncn3)c2C1. The van der Waals surface area contributed by atoms with Gasteiger partial charge in [0, 0.05) is 47.5 Å². The lowest BCUT2D eigenvalue weighted by Gasteiger charge is -2.23. The number of aromatic nitrogens is 4. The lowest BCUT2D eigenvalue weighted by Crippen LogP contribution is -2.19. The summed E-state index contributed by atoms with van der Waals surface area (Å²) < 4.78 is 76.4. The van der Waals surface area contributed by atoms with Gasteiger partial charge in [0.25, 0.3) is 0 Å². The van der Waals surface area contributed by atoms with Crippen molar-refractivity contribution in [2.45, 2.75) is 63.1 Å². The van der Waals surface area contributed by atoms with E-state index in [9.17, 15) is 36.6 Å². The molecular formula is C42H36F6N6O2. The number of hydrogen-bond acceptors (Lipinski definition) is 8. The molecule has 56 heavy (non-hydrogen) atoms. The summed E-state index contributed by atoms with van der Waals surface area (Å²) in [6.45, 7) is 0. The van der Waals surface area contributed by atoms with E-state index in [1.54, 1.807) is 12.1 Å². The molecule has 0 radical (unpaired) electrons. The smallest absolute Gasteiger partial charge is 0.393 e. The van der Waals surface area contributed by atoms with Crippen LogP contribution >= 0.6 is 0 Å². The molecule has 288 valence electrons. The third kappa shape index (κ3) is 9.15. The van der Waals surface area contributed by atoms with Crippen LogP contribution in [0.4, 0.5) is 49.4 Å². The minimum absolute atomic E-state index is 0.358. The molecular weight excluding hydrogens is 734 g/mol. The Hall–Kier alpha value is -5.86. The van der Waals surface area contributed by atoms with Gasteiger partial charge in [0.2, 0.25) is 0 Å². The molecule has 8 rings (SSSR count). The molecule has 0 fully saturated rings. The first-order valence-electron chi connectivity index (χ1n) is 17.9. The molecule has 2 heterocycles. The zero-order valence-electron chi connectivity index (χ0n) is 29.7. The lowest BCUT2D eigenvalue weighted by atomic mass is 9.88. The van der Waals surface area contributed by atoms with Crippen LogP contribution in [0.15, 0.2) is 110 Å². The largest absolute Gasteiger partial charge is 0.416 e. The van der Waals surface area contributed by atoms with Crippen molar-refractivity contribution >= 4 is 23.0 Å². The Morgan fingerprint density at radius 3 is 1.29 bits per heavy atom. The fourth-order valence-corrected chi connectivity index (χ4v) is 6.88. The highest BCUT2D eigenvalue weighted by Crippen LogP contribution is 2.35. The van der Waals surface area contributed by atoms with Gasteiger partial charge in [0.05, 0.1) is 34.7 Å². The summed E-state index contributed by atoms with van der Waals surface area (Å²) in [6.07, 6.45) is -2.39. The van der Waals surface area contributed by atoms with Gasteiger partial charge in [-0.1, -0.05) is 48.5 Å². The molecule has 0 spiro atoms. The molecule has 4 aromatic carbocycles. The molecule has 2 aliphatic carbocycles. The Kier molecular flexibility index (Phi) is 11.0. The average molecular weight is 771 g/mol. The van der Waals surface area contributed by atoms with Gasteiger partial charge in [-0.25, -0.2) is 19.9 Å². The second kappa shape index (κ2) is 16.1. The molecule has 0 saturated heterocycles. The van der Waals surface area contributed by atoms with Gasteiger partial charge in [-0.3, -0.25) is 0 Å². The molecule has 0 unspecified atom stereocenters. The van der Waals surface area contributed by atoms with Crippen LogP contribution in [0, 0.1) is 0 Å². The summed E-state index contributed by atoms with van der Waals surface area (Å²) >= 11 is 0. The normalized spacial score (nSPS) is 16.5. The molecule has 2 aromatic heterocycles. The number of fused-ring (bicyclic) bond motifs is 2. The van der Waals surface area contributed by atoms with Crippen LogP contribution in [-0.2, 0) is 38.0 Å². The van der Waals surface area contributed by atoms with Gasteiger partial charge >= 0.3 is 12.4 Å². The third-order valence-electron chi connectivity index (χ3n) is 9.79. The maximum Gasteiger partial charge on any atom is 0.416 e. The second-order valence-corrected chi connectivity index (χ2v) is 13.7. The van der Waals surface area contributed by atoms with Crippen LogP contribution in [0.5, 0.6) is 0 Å². The lowest BCUT2D eigenvalue weighted by molar-refractivity contribution is -0.138. The Morgan fingerprint density at radius 1 is 0.518 bits per heavy atom. The highest BCUT2D eigenvalue weighted by Gasteiger charge is 2.31. The van der Waals surface area contributed by atoms with Gasteiger partial charge in [-0.15, -0.1) is 0 Å². The molecule has 8 nitrogen and oxygen atoms in total. The second-order valence-electron chi connectivity index (χ2n) is 13.7. The Labute approximate surface area is 318 Å². The Balaban J connectivity index is 0.000000172. The van der Waals surface area contributed by atoms with Crippen molar-refractivity contribution in [3.8, 4) is 22.5 Å². The molecule has 6 aromatic rings. The van der Waals surface area contributed by atoms with Crippen molar-refractivity contribution < 1.29 is 36.6 Å². The van der Waals surface area contributed by atoms with Crippen molar-refractivity contribution in [2.24, 2.45) is 0 Å². The summed E-state index contributed by atoms with van der Waals surface area (Å²) in [4.78, 5) is 16.8. The van der Waals surface area contributed by atoms with Crippen LogP contribution in [0.3, 0.4) is 0 Å². The van der Waals surface area contributed by atoms with E-state index in [-0.39, 0.29) is 12.2 Å². The highest BCUT2D eigenvalue weighted by molar-refractivity contribution is 5.69. The quantitative estimate of drug-likeness (QED) is 0.124. The first-order valence-corrected chi connectivity index (χ1v) is 17.9. The fourth-order valence-electron chi connectivity index (χ4n) is 6.88. The van der Waals surface area contributed by atoms with Crippen molar-refractivity contribution in [1.82, 2.24) is 19.9 Å². The van der Waals surface area contributed by atoms with Crippen LogP contribution in [-0.4, -0.2) is 42.4 Å². The molecule has 2 aliphatic rings. The maximum absolute atomic E-state index is 12.7. The summed E-state index contributed by atoms with van der Waals surface area (Å²) in [7, 11) is 0. The number of benzene rings is 4. The third-order valence-corrected chi connectivity index (χ3v) is 9.79. The topological polar surface area (TPSA) is 116 Å². The Bertz CT molecular complexity index is 2140. The number of aliphatic hydroxyl groups excluding tert-OH is 2. The summed E-state index contributed by atoms with van der Waals surface area (Å²) in [6, 6.07) is 25.0. The molecule has 0 aliphatic heterocycles. The first-order chi connectivity index (χ1) is 26.8. The fraction of sp³-hybridized carbons (Fsp3) is 0.238. The van der Waals surface area contributed by atoms with Crippen LogP contribution in [0.25, 0.3) is 22.5 Å². The molecule has 0 bridgehead atoms. The van der Waals surface area contributed by atoms with Gasteiger partial charge in [0.15, 0.2) is 0 Å². The number of nitrogens with one attached hydrogen (secondary N) is 2. The van der Waals surface area contributed by atoms with Gasteiger partial charge in [-0.05, 0) is 84.3 Å². The van der Waals surface area contributed by atoms with E-state index < -0.39 is 23.5 Å². The molecule has 0 saturated carbocycles. The number of halogens is 6. The van der Waals surface area contributed by atoms with Crippen molar-refractivity contribution in [1.29, 1.82) is 0 Å². The predicted molar refractivity (Wildman–Crippen MR) is 200 cm³/mol. The first kappa shape index (κ1) is 38.4. The summed E-state index contributed by atoms with van der Waals surface area (Å²) in [5.74, 6) is 1.08. The van der Waals surface area contributed by atoms with Crippen molar-refractivity contribution in [3.05, 3.63) is 143 Å². The van der Waals surface area contributed by atoms with Crippen LogP contribution < -0.4 is 10.6 Å². The van der Waals surface area contributed by atoms with E-state index in [1.165, 1.54) is 48.0 Å².